The van der Waals surface area contributed by atoms with E-state index in [2.05, 4.69) is 10.2 Å². The Balaban J connectivity index is 1.57. The van der Waals surface area contributed by atoms with E-state index in [1.54, 1.807) is 22.8 Å². The largest absolute Gasteiger partial charge is 0.491 e. The van der Waals surface area contributed by atoms with Gasteiger partial charge in [0.1, 0.15) is 5.75 Å². The maximum atomic E-state index is 13.1. The lowest BCUT2D eigenvalue weighted by atomic mass is 10.2. The summed E-state index contributed by atoms with van der Waals surface area (Å²) in [5.74, 6) is 1.73. The second-order valence-electron chi connectivity index (χ2n) is 6.91. The van der Waals surface area contributed by atoms with Crippen LogP contribution in [0.15, 0.2) is 52.4 Å². The molecule has 2 aromatic heterocycles. The smallest absolute Gasteiger partial charge is 0.262 e. The van der Waals surface area contributed by atoms with Gasteiger partial charge in [-0.25, -0.2) is 0 Å². The molecule has 0 aliphatic rings. The minimum absolute atomic E-state index is 0.0748. The summed E-state index contributed by atoms with van der Waals surface area (Å²) >= 11 is 13.6. The molecular weight excluding hydrogens is 471 g/mol. The van der Waals surface area contributed by atoms with Crippen molar-refractivity contribution in [2.24, 2.45) is 0 Å². The lowest BCUT2D eigenvalue weighted by Gasteiger charge is -2.11. The number of para-hydroxylation sites is 1. The summed E-state index contributed by atoms with van der Waals surface area (Å²) in [4.78, 5) is 13.1. The average molecular weight is 493 g/mol. The van der Waals surface area contributed by atoms with Crippen LogP contribution in [0.25, 0.3) is 16.7 Å². The third-order valence-electron chi connectivity index (χ3n) is 4.82. The van der Waals surface area contributed by atoms with Crippen molar-refractivity contribution in [2.45, 2.75) is 25.0 Å². The Hall–Kier alpha value is -2.26. The SMILES string of the molecule is CCOCCCn1c(=O)c2ccccc2n2c(SCCOc3ccc(Cl)cc3Cl)nnc12. The minimum atomic E-state index is -0.0748. The van der Waals surface area contributed by atoms with Crippen LogP contribution >= 0.6 is 35.0 Å². The topological polar surface area (TPSA) is 70.7 Å². The van der Waals surface area contributed by atoms with Gasteiger partial charge in [-0.1, -0.05) is 47.1 Å². The van der Waals surface area contributed by atoms with E-state index in [4.69, 9.17) is 32.7 Å². The number of rotatable bonds is 10. The Morgan fingerprint density at radius 3 is 2.75 bits per heavy atom. The zero-order valence-electron chi connectivity index (χ0n) is 17.5. The molecule has 0 amide bonds. The second-order valence-corrected chi connectivity index (χ2v) is 8.82. The Morgan fingerprint density at radius 1 is 1.09 bits per heavy atom. The summed E-state index contributed by atoms with van der Waals surface area (Å²) in [6.45, 7) is 4.12. The molecule has 0 radical (unpaired) electrons. The van der Waals surface area contributed by atoms with Gasteiger partial charge in [-0.3, -0.25) is 13.8 Å². The van der Waals surface area contributed by atoms with Crippen LogP contribution < -0.4 is 10.3 Å². The van der Waals surface area contributed by atoms with Gasteiger partial charge < -0.3 is 9.47 Å². The predicted octanol–water partition coefficient (Wildman–Crippen LogP) is 4.95. The number of benzene rings is 2. The van der Waals surface area contributed by atoms with Crippen LogP contribution in [0.2, 0.25) is 10.0 Å². The Morgan fingerprint density at radius 2 is 1.94 bits per heavy atom. The van der Waals surface area contributed by atoms with Gasteiger partial charge in [-0.2, -0.15) is 0 Å². The molecule has 0 saturated carbocycles. The first kappa shape index (κ1) is 22.9. The lowest BCUT2D eigenvalue weighted by Crippen LogP contribution is -2.24. The monoisotopic (exact) mass is 492 g/mol. The Labute approximate surface area is 199 Å². The van der Waals surface area contributed by atoms with Crippen LogP contribution in [0.1, 0.15) is 13.3 Å². The van der Waals surface area contributed by atoms with Crippen LogP contribution in [-0.2, 0) is 11.3 Å². The van der Waals surface area contributed by atoms with E-state index < -0.39 is 0 Å². The number of hydrogen-bond donors (Lipinski definition) is 0. The first-order chi connectivity index (χ1) is 15.6. The number of nitrogens with zero attached hydrogens (tertiary/aromatic N) is 4. The lowest BCUT2D eigenvalue weighted by molar-refractivity contribution is 0.141. The number of hydrogen-bond acceptors (Lipinski definition) is 6. The van der Waals surface area contributed by atoms with Crippen LogP contribution in [-0.4, -0.2) is 44.7 Å². The molecule has 0 spiro atoms. The summed E-state index contributed by atoms with van der Waals surface area (Å²) in [5, 5.41) is 11.0. The third-order valence-corrected chi connectivity index (χ3v) is 6.24. The van der Waals surface area contributed by atoms with Gasteiger partial charge in [-0.15, -0.1) is 10.2 Å². The molecule has 0 bridgehead atoms. The van der Waals surface area contributed by atoms with Gasteiger partial charge >= 0.3 is 0 Å². The molecule has 10 heteroatoms. The van der Waals surface area contributed by atoms with Gasteiger partial charge in [0.25, 0.3) is 5.56 Å². The van der Waals surface area contributed by atoms with Crippen LogP contribution in [0.4, 0.5) is 0 Å². The fourth-order valence-corrected chi connectivity index (χ4v) is 4.59. The van der Waals surface area contributed by atoms with Crippen LogP contribution in [0.5, 0.6) is 5.75 Å². The highest BCUT2D eigenvalue weighted by Crippen LogP contribution is 2.28. The van der Waals surface area contributed by atoms with Crippen LogP contribution in [0.3, 0.4) is 0 Å². The molecule has 0 atom stereocenters. The molecule has 0 N–H and O–H groups in total. The number of thioether (sulfide) groups is 1. The summed E-state index contributed by atoms with van der Waals surface area (Å²) in [6, 6.07) is 12.6. The first-order valence-corrected chi connectivity index (χ1v) is 12.0. The maximum Gasteiger partial charge on any atom is 0.262 e. The Bertz CT molecular complexity index is 1290. The van der Waals surface area contributed by atoms with Crippen molar-refractivity contribution >= 4 is 51.6 Å². The van der Waals surface area contributed by atoms with Crippen molar-refractivity contribution in [3.63, 3.8) is 0 Å². The summed E-state index contributed by atoms with van der Waals surface area (Å²) in [5.41, 5.74) is 0.706. The van der Waals surface area contributed by atoms with E-state index in [1.165, 1.54) is 11.8 Å². The molecular formula is C22H22Cl2N4O3S. The average Bonchev–Trinajstić information content (AvgIpc) is 3.21. The van der Waals surface area contributed by atoms with Gasteiger partial charge in [0, 0.05) is 30.5 Å². The maximum absolute atomic E-state index is 13.1. The number of ether oxygens (including phenoxy) is 2. The molecule has 168 valence electrons. The normalized spacial score (nSPS) is 11.5. The molecule has 0 aliphatic carbocycles. The van der Waals surface area contributed by atoms with Gasteiger partial charge in [0.05, 0.1) is 22.5 Å². The van der Waals surface area contributed by atoms with Crippen molar-refractivity contribution in [1.82, 2.24) is 19.2 Å². The molecule has 0 fully saturated rings. The zero-order valence-corrected chi connectivity index (χ0v) is 19.8. The van der Waals surface area contributed by atoms with E-state index >= 15 is 0 Å². The number of fused-ring (bicyclic) bond motifs is 3. The van der Waals surface area contributed by atoms with E-state index in [0.29, 0.717) is 70.7 Å². The molecule has 4 rings (SSSR count). The molecule has 0 saturated heterocycles. The fraction of sp³-hybridized carbons (Fsp3) is 0.318. The highest BCUT2D eigenvalue weighted by Gasteiger charge is 2.16. The highest BCUT2D eigenvalue weighted by atomic mass is 35.5. The van der Waals surface area contributed by atoms with E-state index in [9.17, 15) is 4.79 Å². The zero-order chi connectivity index (χ0) is 22.5. The standard InChI is InChI=1S/C22H22Cl2N4O3S/c1-2-30-11-5-10-27-20(29)16-6-3-4-7-18(16)28-21(27)25-26-22(28)32-13-12-31-19-9-8-15(23)14-17(19)24/h3-4,6-9,14H,2,5,10-13H2,1H3. The van der Waals surface area contributed by atoms with Crippen molar-refractivity contribution in [1.29, 1.82) is 0 Å². The second kappa shape index (κ2) is 10.6. The number of aryl methyl sites for hydroxylation is 1. The molecule has 32 heavy (non-hydrogen) atoms. The van der Waals surface area contributed by atoms with Crippen LogP contribution in [0, 0.1) is 0 Å². The Kier molecular flexibility index (Phi) is 7.57. The molecule has 2 aromatic carbocycles. The first-order valence-electron chi connectivity index (χ1n) is 10.2. The van der Waals surface area contributed by atoms with Crippen molar-refractivity contribution < 1.29 is 9.47 Å². The van der Waals surface area contributed by atoms with E-state index in [-0.39, 0.29) is 5.56 Å². The molecule has 0 unspecified atom stereocenters. The quantitative estimate of drug-likeness (QED) is 0.230. The van der Waals surface area contributed by atoms with Gasteiger partial charge in [-0.05, 0) is 43.7 Å². The number of aromatic nitrogens is 4. The fourth-order valence-electron chi connectivity index (χ4n) is 3.37. The predicted molar refractivity (Wildman–Crippen MR) is 129 cm³/mol. The summed E-state index contributed by atoms with van der Waals surface area (Å²) in [7, 11) is 0. The van der Waals surface area contributed by atoms with Gasteiger partial charge in [0.15, 0.2) is 5.16 Å². The summed E-state index contributed by atoms with van der Waals surface area (Å²) < 4.78 is 14.8. The molecule has 7 nitrogen and oxygen atoms in total. The minimum Gasteiger partial charge on any atom is -0.491 e. The molecule has 2 heterocycles. The van der Waals surface area contributed by atoms with E-state index in [0.717, 1.165) is 5.52 Å². The van der Waals surface area contributed by atoms with Gasteiger partial charge in [0.2, 0.25) is 5.78 Å². The van der Waals surface area contributed by atoms with Crippen molar-refractivity contribution in [3.05, 3.63) is 62.9 Å². The van der Waals surface area contributed by atoms with Crippen molar-refractivity contribution in [2.75, 3.05) is 25.6 Å². The number of halogens is 2. The van der Waals surface area contributed by atoms with Crippen molar-refractivity contribution in [3.8, 4) is 5.75 Å². The molecule has 0 aliphatic heterocycles. The highest BCUT2D eigenvalue weighted by molar-refractivity contribution is 7.99. The summed E-state index contributed by atoms with van der Waals surface area (Å²) in [6.07, 6.45) is 0.715. The van der Waals surface area contributed by atoms with E-state index in [1.807, 2.05) is 35.6 Å². The third kappa shape index (κ3) is 4.88. The molecule has 4 aromatic rings.